The largest absolute Gasteiger partial charge is 0.330 e. The molecule has 0 atom stereocenters. The predicted molar refractivity (Wildman–Crippen MR) is 63.5 cm³/mol. The van der Waals surface area contributed by atoms with E-state index in [1.165, 1.54) is 6.42 Å². The van der Waals surface area contributed by atoms with E-state index in [1.807, 2.05) is 13.8 Å². The summed E-state index contributed by atoms with van der Waals surface area (Å²) in [6.45, 7) is 4.28. The molecule has 1 fully saturated rings. The summed E-state index contributed by atoms with van der Waals surface area (Å²) < 4.78 is 24.2. The second kappa shape index (κ2) is 4.83. The van der Waals surface area contributed by atoms with Crippen molar-refractivity contribution in [1.82, 2.24) is 0 Å². The molecule has 1 saturated carbocycles. The van der Waals surface area contributed by atoms with Gasteiger partial charge in [-0.1, -0.05) is 33.1 Å². The van der Waals surface area contributed by atoms with E-state index >= 15 is 0 Å². The van der Waals surface area contributed by atoms with Gasteiger partial charge in [0.2, 0.25) is 0 Å². The highest BCUT2D eigenvalue weighted by molar-refractivity contribution is 7.92. The standard InChI is InChI=1S/C11H23NO2S/c1-11(2,8-12)9-15(13,14)10-6-4-3-5-7-10/h10H,3-9,12H2,1-2H3. The van der Waals surface area contributed by atoms with Crippen LogP contribution in [0.4, 0.5) is 0 Å². The van der Waals surface area contributed by atoms with Gasteiger partial charge in [0.05, 0.1) is 11.0 Å². The highest BCUT2D eigenvalue weighted by atomic mass is 32.2. The fourth-order valence-corrected chi connectivity index (χ4v) is 4.64. The smallest absolute Gasteiger partial charge is 0.153 e. The van der Waals surface area contributed by atoms with E-state index in [0.717, 1.165) is 25.7 Å². The summed E-state index contributed by atoms with van der Waals surface area (Å²) in [5.41, 5.74) is 5.30. The number of sulfone groups is 1. The molecule has 0 unspecified atom stereocenters. The van der Waals surface area contributed by atoms with Crippen LogP contribution in [0.3, 0.4) is 0 Å². The molecule has 0 aromatic heterocycles. The maximum Gasteiger partial charge on any atom is 0.153 e. The van der Waals surface area contributed by atoms with Gasteiger partial charge in [0.15, 0.2) is 9.84 Å². The maximum absolute atomic E-state index is 12.1. The molecule has 0 heterocycles. The quantitative estimate of drug-likeness (QED) is 0.804. The molecule has 4 heteroatoms. The fraction of sp³-hybridized carbons (Fsp3) is 1.00. The lowest BCUT2D eigenvalue weighted by Gasteiger charge is -2.27. The van der Waals surface area contributed by atoms with E-state index in [1.54, 1.807) is 0 Å². The normalized spacial score (nSPS) is 20.5. The van der Waals surface area contributed by atoms with Crippen LogP contribution in [0.1, 0.15) is 46.0 Å². The first-order chi connectivity index (χ1) is 6.87. The zero-order valence-corrected chi connectivity index (χ0v) is 10.6. The summed E-state index contributed by atoms with van der Waals surface area (Å²) in [6, 6.07) is 0. The minimum absolute atomic E-state index is 0.0999. The van der Waals surface area contributed by atoms with Crippen LogP contribution in [0.15, 0.2) is 0 Å². The molecular weight excluding hydrogens is 210 g/mol. The Balaban J connectivity index is 2.65. The molecule has 1 aliphatic carbocycles. The van der Waals surface area contributed by atoms with Gasteiger partial charge in [-0.15, -0.1) is 0 Å². The average molecular weight is 233 g/mol. The lowest BCUT2D eigenvalue weighted by atomic mass is 9.97. The molecule has 0 radical (unpaired) electrons. The van der Waals surface area contributed by atoms with Gasteiger partial charge in [-0.3, -0.25) is 0 Å². The van der Waals surface area contributed by atoms with Crippen LogP contribution in [-0.2, 0) is 9.84 Å². The van der Waals surface area contributed by atoms with Gasteiger partial charge < -0.3 is 5.73 Å². The predicted octanol–water partition coefficient (Wildman–Crippen LogP) is 1.72. The molecule has 1 rings (SSSR count). The molecule has 15 heavy (non-hydrogen) atoms. The Labute approximate surface area is 93.3 Å². The molecule has 0 aromatic carbocycles. The number of hydrogen-bond donors (Lipinski definition) is 1. The fourth-order valence-electron chi connectivity index (χ4n) is 2.15. The lowest BCUT2D eigenvalue weighted by Crippen LogP contribution is -2.37. The van der Waals surface area contributed by atoms with E-state index in [9.17, 15) is 8.42 Å². The Hall–Kier alpha value is -0.0900. The molecule has 0 spiro atoms. The van der Waals surface area contributed by atoms with Crippen molar-refractivity contribution in [3.8, 4) is 0 Å². The van der Waals surface area contributed by atoms with Crippen molar-refractivity contribution in [2.45, 2.75) is 51.2 Å². The van der Waals surface area contributed by atoms with E-state index < -0.39 is 9.84 Å². The molecule has 0 saturated heterocycles. The molecular formula is C11H23NO2S. The molecule has 3 nitrogen and oxygen atoms in total. The average Bonchev–Trinajstić information content (AvgIpc) is 2.18. The zero-order chi connectivity index (χ0) is 11.5. The minimum atomic E-state index is -2.93. The van der Waals surface area contributed by atoms with Gasteiger partial charge >= 0.3 is 0 Å². The van der Waals surface area contributed by atoms with E-state index in [-0.39, 0.29) is 16.4 Å². The van der Waals surface area contributed by atoms with Crippen molar-refractivity contribution in [3.63, 3.8) is 0 Å². The first-order valence-electron chi connectivity index (χ1n) is 5.79. The van der Waals surface area contributed by atoms with Gasteiger partial charge in [-0.25, -0.2) is 8.42 Å². The summed E-state index contributed by atoms with van der Waals surface area (Å²) in [5.74, 6) is 0.237. The number of rotatable bonds is 4. The van der Waals surface area contributed by atoms with Crippen molar-refractivity contribution in [2.75, 3.05) is 12.3 Å². The topological polar surface area (TPSA) is 60.2 Å². The molecule has 0 aliphatic heterocycles. The Kier molecular flexibility index (Phi) is 4.18. The van der Waals surface area contributed by atoms with Gasteiger partial charge in [0.1, 0.15) is 0 Å². The van der Waals surface area contributed by atoms with Gasteiger partial charge in [-0.2, -0.15) is 0 Å². The lowest BCUT2D eigenvalue weighted by molar-refractivity contribution is 0.414. The van der Waals surface area contributed by atoms with E-state index in [4.69, 9.17) is 5.73 Å². The summed E-state index contributed by atoms with van der Waals surface area (Å²) in [5, 5.41) is -0.0999. The number of nitrogens with two attached hydrogens (primary N) is 1. The van der Waals surface area contributed by atoms with Crippen LogP contribution in [0.25, 0.3) is 0 Å². The van der Waals surface area contributed by atoms with Gasteiger partial charge in [0.25, 0.3) is 0 Å². The monoisotopic (exact) mass is 233 g/mol. The van der Waals surface area contributed by atoms with Crippen molar-refractivity contribution in [2.24, 2.45) is 11.1 Å². The van der Waals surface area contributed by atoms with Crippen LogP contribution < -0.4 is 5.73 Å². The third-order valence-corrected chi connectivity index (χ3v) is 5.88. The zero-order valence-electron chi connectivity index (χ0n) is 9.83. The summed E-state index contributed by atoms with van der Waals surface area (Å²) >= 11 is 0. The third-order valence-electron chi connectivity index (χ3n) is 3.20. The second-order valence-electron chi connectivity index (χ2n) is 5.44. The molecule has 90 valence electrons. The van der Waals surface area contributed by atoms with Crippen LogP contribution in [0.2, 0.25) is 0 Å². The molecule has 1 aliphatic rings. The summed E-state index contributed by atoms with van der Waals surface area (Å²) in [6.07, 6.45) is 5.01. The summed E-state index contributed by atoms with van der Waals surface area (Å²) in [4.78, 5) is 0. The SMILES string of the molecule is CC(C)(CN)CS(=O)(=O)C1CCCCC1. The van der Waals surface area contributed by atoms with Crippen LogP contribution >= 0.6 is 0 Å². The third kappa shape index (κ3) is 3.76. The highest BCUT2D eigenvalue weighted by Gasteiger charge is 2.32. The first kappa shape index (κ1) is 13.0. The first-order valence-corrected chi connectivity index (χ1v) is 7.50. The molecule has 0 bridgehead atoms. The Morgan fingerprint density at radius 1 is 1.20 bits per heavy atom. The number of hydrogen-bond acceptors (Lipinski definition) is 3. The van der Waals surface area contributed by atoms with Gasteiger partial charge in [0, 0.05) is 0 Å². The Morgan fingerprint density at radius 2 is 1.73 bits per heavy atom. The molecule has 0 amide bonds. The Bertz CT molecular complexity index is 290. The highest BCUT2D eigenvalue weighted by Crippen LogP contribution is 2.27. The van der Waals surface area contributed by atoms with Crippen LogP contribution in [0, 0.1) is 5.41 Å². The maximum atomic E-state index is 12.1. The second-order valence-corrected chi connectivity index (χ2v) is 7.72. The van der Waals surface area contributed by atoms with Crippen molar-refractivity contribution in [3.05, 3.63) is 0 Å². The van der Waals surface area contributed by atoms with Crippen molar-refractivity contribution < 1.29 is 8.42 Å². The van der Waals surface area contributed by atoms with E-state index in [0.29, 0.717) is 6.54 Å². The molecule has 0 aromatic rings. The molecule has 2 N–H and O–H groups in total. The minimum Gasteiger partial charge on any atom is -0.330 e. The van der Waals surface area contributed by atoms with Crippen molar-refractivity contribution in [1.29, 1.82) is 0 Å². The summed E-state index contributed by atoms with van der Waals surface area (Å²) in [7, 11) is -2.93. The van der Waals surface area contributed by atoms with Gasteiger partial charge in [-0.05, 0) is 24.8 Å². The van der Waals surface area contributed by atoms with Crippen LogP contribution in [-0.4, -0.2) is 26.0 Å². The van der Waals surface area contributed by atoms with Crippen molar-refractivity contribution >= 4 is 9.84 Å². The van der Waals surface area contributed by atoms with E-state index in [2.05, 4.69) is 0 Å². The Morgan fingerprint density at radius 3 is 2.20 bits per heavy atom. The van der Waals surface area contributed by atoms with Crippen LogP contribution in [0.5, 0.6) is 0 Å².